The fraction of sp³-hybridized carbons (Fsp3) is 0.111. The summed E-state index contributed by atoms with van der Waals surface area (Å²) < 4.78 is 32.6. The quantitative estimate of drug-likeness (QED) is 0.731. The first-order valence-electron chi connectivity index (χ1n) is 7.72. The number of hydrogen-bond acceptors (Lipinski definition) is 5. The maximum atomic E-state index is 12.8. The zero-order valence-corrected chi connectivity index (χ0v) is 15.0. The van der Waals surface area contributed by atoms with Gasteiger partial charge in [-0.3, -0.25) is 15.0 Å². The highest BCUT2D eigenvalue weighted by atomic mass is 32.2. The van der Waals surface area contributed by atoms with E-state index in [9.17, 15) is 13.2 Å². The smallest absolute Gasteiger partial charge is 0.411 e. The van der Waals surface area contributed by atoms with E-state index in [4.69, 9.17) is 0 Å². The van der Waals surface area contributed by atoms with Crippen molar-refractivity contribution in [2.75, 3.05) is 17.1 Å². The van der Waals surface area contributed by atoms with Crippen LogP contribution in [0, 0.1) is 6.92 Å². The first-order valence-corrected chi connectivity index (χ1v) is 9.20. The minimum Gasteiger partial charge on any atom is -0.453 e. The number of aryl methyl sites for hydroxylation is 1. The topological polar surface area (TPSA) is 97.4 Å². The van der Waals surface area contributed by atoms with Crippen molar-refractivity contribution in [2.24, 2.45) is 0 Å². The summed E-state index contributed by atoms with van der Waals surface area (Å²) in [5.41, 5.74) is 2.22. The number of nitrogens with zero attached hydrogens (tertiary/aromatic N) is 1. The first kappa shape index (κ1) is 17.7. The molecule has 2 aromatic carbocycles. The SMILES string of the molecule is COC(=O)Nc1ccc(NS(=O)(=O)c2cccc3cc(C)cnc23)cc1. The molecule has 1 aromatic heterocycles. The number of carbonyl (C=O) groups is 1. The van der Waals surface area contributed by atoms with Crippen LogP contribution in [-0.2, 0) is 14.8 Å². The van der Waals surface area contributed by atoms with Gasteiger partial charge >= 0.3 is 6.09 Å². The summed E-state index contributed by atoms with van der Waals surface area (Å²) in [4.78, 5) is 15.5. The largest absolute Gasteiger partial charge is 0.453 e. The maximum absolute atomic E-state index is 12.8. The number of sulfonamides is 1. The van der Waals surface area contributed by atoms with Crippen LogP contribution in [0.3, 0.4) is 0 Å². The molecule has 2 N–H and O–H groups in total. The molecule has 0 unspecified atom stereocenters. The standard InChI is InChI=1S/C18H17N3O4S/c1-12-10-13-4-3-5-16(17(13)19-11-12)26(23,24)21-15-8-6-14(7-9-15)20-18(22)25-2/h3-11,21H,1-2H3,(H,20,22). The van der Waals surface area contributed by atoms with Crippen molar-refractivity contribution in [1.29, 1.82) is 0 Å². The number of amides is 1. The van der Waals surface area contributed by atoms with Crippen LogP contribution in [0.15, 0.2) is 59.6 Å². The molecule has 0 atom stereocenters. The van der Waals surface area contributed by atoms with Crippen LogP contribution in [-0.4, -0.2) is 26.6 Å². The van der Waals surface area contributed by atoms with Crippen molar-refractivity contribution in [3.05, 3.63) is 60.3 Å². The zero-order valence-electron chi connectivity index (χ0n) is 14.2. The molecule has 3 aromatic rings. The predicted molar refractivity (Wildman–Crippen MR) is 99.8 cm³/mol. The van der Waals surface area contributed by atoms with Crippen LogP contribution in [0.25, 0.3) is 10.9 Å². The summed E-state index contributed by atoms with van der Waals surface area (Å²) >= 11 is 0. The van der Waals surface area contributed by atoms with Gasteiger partial charge in [0.25, 0.3) is 10.0 Å². The van der Waals surface area contributed by atoms with E-state index >= 15 is 0 Å². The summed E-state index contributed by atoms with van der Waals surface area (Å²) in [7, 11) is -2.56. The number of benzene rings is 2. The van der Waals surface area contributed by atoms with Crippen molar-refractivity contribution in [2.45, 2.75) is 11.8 Å². The number of methoxy groups -OCH3 is 1. The number of pyridine rings is 1. The van der Waals surface area contributed by atoms with E-state index < -0.39 is 16.1 Å². The van der Waals surface area contributed by atoms with Gasteiger partial charge in [0, 0.05) is 23.0 Å². The van der Waals surface area contributed by atoms with E-state index in [0.717, 1.165) is 10.9 Å². The van der Waals surface area contributed by atoms with Crippen LogP contribution >= 0.6 is 0 Å². The Kier molecular flexibility index (Phi) is 4.77. The summed E-state index contributed by atoms with van der Waals surface area (Å²) in [5.74, 6) is 0. The van der Waals surface area contributed by atoms with Crippen molar-refractivity contribution in [3.8, 4) is 0 Å². The number of carbonyl (C=O) groups excluding carboxylic acids is 1. The van der Waals surface area contributed by atoms with Gasteiger partial charge in [-0.25, -0.2) is 13.2 Å². The second-order valence-corrected chi connectivity index (χ2v) is 7.29. The normalized spacial score (nSPS) is 11.2. The molecule has 0 bridgehead atoms. The number of fused-ring (bicyclic) bond motifs is 1. The van der Waals surface area contributed by atoms with E-state index in [2.05, 4.69) is 19.8 Å². The zero-order chi connectivity index (χ0) is 18.7. The summed E-state index contributed by atoms with van der Waals surface area (Å²) in [6.07, 6.45) is 1.03. The van der Waals surface area contributed by atoms with Gasteiger partial charge in [0.05, 0.1) is 12.6 Å². The van der Waals surface area contributed by atoms with Gasteiger partial charge in [0.15, 0.2) is 0 Å². The monoisotopic (exact) mass is 371 g/mol. The molecule has 7 nitrogen and oxygen atoms in total. The highest BCUT2D eigenvalue weighted by molar-refractivity contribution is 7.93. The van der Waals surface area contributed by atoms with Crippen molar-refractivity contribution in [3.63, 3.8) is 0 Å². The molecule has 3 rings (SSSR count). The Balaban J connectivity index is 1.89. The number of para-hydroxylation sites is 1. The second kappa shape index (κ2) is 7.01. The number of aromatic nitrogens is 1. The van der Waals surface area contributed by atoms with Crippen molar-refractivity contribution >= 4 is 38.4 Å². The van der Waals surface area contributed by atoms with Crippen LogP contribution in [0.4, 0.5) is 16.2 Å². The minimum atomic E-state index is -3.82. The third kappa shape index (κ3) is 3.75. The highest BCUT2D eigenvalue weighted by Crippen LogP contribution is 2.24. The van der Waals surface area contributed by atoms with Gasteiger partial charge in [-0.05, 0) is 48.9 Å². The number of ether oxygens (including phenoxy) is 1. The lowest BCUT2D eigenvalue weighted by atomic mass is 10.2. The van der Waals surface area contributed by atoms with Crippen LogP contribution in [0.2, 0.25) is 0 Å². The number of anilines is 2. The van der Waals surface area contributed by atoms with Gasteiger partial charge in [-0.2, -0.15) is 0 Å². The molecule has 0 saturated heterocycles. The van der Waals surface area contributed by atoms with E-state index in [1.807, 2.05) is 19.1 Å². The van der Waals surface area contributed by atoms with E-state index in [1.165, 1.54) is 13.2 Å². The minimum absolute atomic E-state index is 0.103. The van der Waals surface area contributed by atoms with E-state index in [1.54, 1.807) is 36.5 Å². The Labute approximate surface area is 151 Å². The van der Waals surface area contributed by atoms with E-state index in [0.29, 0.717) is 16.9 Å². The van der Waals surface area contributed by atoms with Crippen molar-refractivity contribution < 1.29 is 17.9 Å². The Bertz CT molecular complexity index is 1060. The Hall–Kier alpha value is -3.13. The van der Waals surface area contributed by atoms with Gasteiger partial charge in [0.2, 0.25) is 0 Å². The lowest BCUT2D eigenvalue weighted by molar-refractivity contribution is 0.187. The van der Waals surface area contributed by atoms with Crippen molar-refractivity contribution in [1.82, 2.24) is 4.98 Å². The third-order valence-corrected chi connectivity index (χ3v) is 5.08. The molecule has 0 aliphatic heterocycles. The Morgan fingerprint density at radius 1 is 1.08 bits per heavy atom. The average molecular weight is 371 g/mol. The Morgan fingerprint density at radius 3 is 2.46 bits per heavy atom. The maximum Gasteiger partial charge on any atom is 0.411 e. The molecule has 0 aliphatic carbocycles. The predicted octanol–water partition coefficient (Wildman–Crippen LogP) is 3.52. The van der Waals surface area contributed by atoms with Crippen LogP contribution in [0.1, 0.15) is 5.56 Å². The average Bonchev–Trinajstić information content (AvgIpc) is 2.62. The molecule has 134 valence electrons. The summed E-state index contributed by atoms with van der Waals surface area (Å²) in [6.45, 7) is 1.90. The summed E-state index contributed by atoms with van der Waals surface area (Å²) in [5, 5.41) is 3.25. The van der Waals surface area contributed by atoms with Crippen LogP contribution in [0.5, 0.6) is 0 Å². The molecule has 0 aliphatic rings. The van der Waals surface area contributed by atoms with Gasteiger partial charge in [-0.1, -0.05) is 12.1 Å². The lowest BCUT2D eigenvalue weighted by Gasteiger charge is -2.11. The summed E-state index contributed by atoms with van der Waals surface area (Å²) in [6, 6.07) is 13.1. The fourth-order valence-electron chi connectivity index (χ4n) is 2.46. The fourth-order valence-corrected chi connectivity index (χ4v) is 3.70. The first-order chi connectivity index (χ1) is 12.4. The molecule has 0 saturated carbocycles. The Morgan fingerprint density at radius 2 is 1.77 bits per heavy atom. The number of nitrogens with one attached hydrogen (secondary N) is 2. The van der Waals surface area contributed by atoms with E-state index in [-0.39, 0.29) is 4.90 Å². The highest BCUT2D eigenvalue weighted by Gasteiger charge is 2.18. The molecule has 0 spiro atoms. The molecular weight excluding hydrogens is 354 g/mol. The molecule has 0 radical (unpaired) electrons. The van der Waals surface area contributed by atoms with Crippen LogP contribution < -0.4 is 10.0 Å². The van der Waals surface area contributed by atoms with Gasteiger partial charge < -0.3 is 4.74 Å². The second-order valence-electron chi connectivity index (χ2n) is 5.64. The molecular formula is C18H17N3O4S. The molecule has 1 amide bonds. The molecule has 1 heterocycles. The molecule has 26 heavy (non-hydrogen) atoms. The third-order valence-electron chi connectivity index (χ3n) is 3.67. The number of hydrogen-bond donors (Lipinski definition) is 2. The lowest BCUT2D eigenvalue weighted by Crippen LogP contribution is -2.14. The molecule has 8 heteroatoms. The van der Waals surface area contributed by atoms with Gasteiger partial charge in [0.1, 0.15) is 4.90 Å². The number of rotatable bonds is 4. The molecule has 0 fully saturated rings. The van der Waals surface area contributed by atoms with Gasteiger partial charge in [-0.15, -0.1) is 0 Å².